The van der Waals surface area contributed by atoms with Crippen molar-refractivity contribution >= 4 is 17.1 Å². The van der Waals surface area contributed by atoms with E-state index in [4.69, 9.17) is 18.9 Å². The fourth-order valence-electron chi connectivity index (χ4n) is 5.43. The lowest BCUT2D eigenvalue weighted by Gasteiger charge is -2.30. The van der Waals surface area contributed by atoms with Crippen LogP contribution in [0.3, 0.4) is 0 Å². The van der Waals surface area contributed by atoms with E-state index in [9.17, 15) is 4.79 Å². The smallest absolute Gasteiger partial charge is 0.303 e. The highest BCUT2D eigenvalue weighted by Gasteiger charge is 2.21. The van der Waals surface area contributed by atoms with Crippen LogP contribution < -0.4 is 14.2 Å². The van der Waals surface area contributed by atoms with Gasteiger partial charge >= 0.3 is 5.97 Å². The third-order valence-corrected chi connectivity index (χ3v) is 7.26. The third-order valence-electron chi connectivity index (χ3n) is 7.26. The van der Waals surface area contributed by atoms with Gasteiger partial charge in [-0.3, -0.25) is 9.69 Å². The van der Waals surface area contributed by atoms with Gasteiger partial charge in [-0.2, -0.15) is 0 Å². The molecule has 0 bridgehead atoms. The van der Waals surface area contributed by atoms with Crippen molar-refractivity contribution in [3.8, 4) is 17.2 Å². The molecule has 6 nitrogen and oxygen atoms in total. The summed E-state index contributed by atoms with van der Waals surface area (Å²) in [6.45, 7) is 7.02. The Bertz CT molecular complexity index is 1280. The van der Waals surface area contributed by atoms with Crippen LogP contribution in [0.15, 0.2) is 72.8 Å². The van der Waals surface area contributed by atoms with E-state index in [2.05, 4.69) is 60.4 Å². The molecule has 1 saturated heterocycles. The van der Waals surface area contributed by atoms with Gasteiger partial charge in [-0.15, -0.1) is 0 Å². The maximum Gasteiger partial charge on any atom is 0.303 e. The molecular formula is C33H37NO5. The van der Waals surface area contributed by atoms with Crippen molar-refractivity contribution in [1.29, 1.82) is 0 Å². The molecule has 2 aliphatic heterocycles. The molecule has 39 heavy (non-hydrogen) atoms. The molecule has 0 aromatic heterocycles. The van der Waals surface area contributed by atoms with Gasteiger partial charge in [-0.1, -0.05) is 61.9 Å². The Hall–Kier alpha value is -3.77. The monoisotopic (exact) mass is 527 g/mol. The quantitative estimate of drug-likeness (QED) is 0.219. The average molecular weight is 528 g/mol. The fourth-order valence-corrected chi connectivity index (χ4v) is 5.43. The summed E-state index contributed by atoms with van der Waals surface area (Å²) in [4.78, 5) is 14.1. The summed E-state index contributed by atoms with van der Waals surface area (Å²) in [5, 5.41) is 0. The number of allylic oxidation sites excluding steroid dienone is 1. The van der Waals surface area contributed by atoms with Crippen LogP contribution in [0.5, 0.6) is 17.2 Å². The fraction of sp³-hybridized carbons (Fsp3) is 0.364. The minimum absolute atomic E-state index is 0.257. The van der Waals surface area contributed by atoms with Crippen molar-refractivity contribution in [3.05, 3.63) is 89.5 Å². The Balaban J connectivity index is 1.38. The molecule has 3 aromatic carbocycles. The predicted octanol–water partition coefficient (Wildman–Crippen LogP) is 6.58. The van der Waals surface area contributed by atoms with Crippen molar-refractivity contribution in [3.63, 3.8) is 0 Å². The van der Waals surface area contributed by atoms with Crippen LogP contribution in [0.2, 0.25) is 0 Å². The molecule has 3 aromatic rings. The second-order valence-corrected chi connectivity index (χ2v) is 10.1. The van der Waals surface area contributed by atoms with Crippen LogP contribution in [0, 0.1) is 0 Å². The lowest BCUT2D eigenvalue weighted by atomic mass is 9.88. The third kappa shape index (κ3) is 6.82. The average Bonchev–Trinajstić information content (AvgIpc) is 3.44. The predicted molar refractivity (Wildman–Crippen MR) is 153 cm³/mol. The molecule has 1 fully saturated rings. The topological polar surface area (TPSA) is 57.2 Å². The minimum atomic E-state index is -0.294. The molecule has 2 aliphatic rings. The second-order valence-electron chi connectivity index (χ2n) is 10.1. The Morgan fingerprint density at radius 1 is 0.872 bits per heavy atom. The molecule has 2 heterocycles. The lowest BCUT2D eigenvalue weighted by molar-refractivity contribution is -0.149. The van der Waals surface area contributed by atoms with Gasteiger partial charge in [0.05, 0.1) is 0 Å². The van der Waals surface area contributed by atoms with E-state index in [0.29, 0.717) is 13.2 Å². The molecule has 0 amide bonds. The van der Waals surface area contributed by atoms with E-state index >= 15 is 0 Å². The maximum atomic E-state index is 11.7. The largest absolute Gasteiger partial charge is 0.490 e. The summed E-state index contributed by atoms with van der Waals surface area (Å²) in [5.74, 6) is 2.04. The van der Waals surface area contributed by atoms with Gasteiger partial charge in [0.25, 0.3) is 0 Å². The van der Waals surface area contributed by atoms with Gasteiger partial charge in [0.1, 0.15) is 18.5 Å². The van der Waals surface area contributed by atoms with E-state index in [0.717, 1.165) is 53.4 Å². The first-order valence-electron chi connectivity index (χ1n) is 13.9. The van der Waals surface area contributed by atoms with Crippen molar-refractivity contribution in [2.75, 3.05) is 33.0 Å². The molecule has 1 unspecified atom stereocenters. The number of rotatable bonds is 10. The Morgan fingerprint density at radius 2 is 1.56 bits per heavy atom. The van der Waals surface area contributed by atoms with E-state index in [1.807, 2.05) is 24.3 Å². The number of benzene rings is 3. The highest BCUT2D eigenvalue weighted by Crippen LogP contribution is 2.39. The Morgan fingerprint density at radius 3 is 2.28 bits per heavy atom. The maximum absolute atomic E-state index is 11.7. The number of carbonyl (C=O) groups excluding carboxylic acids is 1. The number of likely N-dealkylation sites (tertiary alicyclic amines) is 1. The van der Waals surface area contributed by atoms with Crippen molar-refractivity contribution in [2.24, 2.45) is 0 Å². The highest BCUT2D eigenvalue weighted by molar-refractivity contribution is 5.98. The SMILES string of the molecule is CCC(=C(c1ccccc1)c1ccc(OCC(CN2CCCCC2)OC(C)=O)cc1)c1ccc2c(c1)OCO2. The van der Waals surface area contributed by atoms with Crippen molar-refractivity contribution < 1.29 is 23.7 Å². The highest BCUT2D eigenvalue weighted by atomic mass is 16.7. The number of carbonyl (C=O) groups is 1. The van der Waals surface area contributed by atoms with Gasteiger partial charge in [-0.25, -0.2) is 0 Å². The van der Waals surface area contributed by atoms with Crippen LogP contribution in [0.25, 0.3) is 11.1 Å². The van der Waals surface area contributed by atoms with Crippen molar-refractivity contribution in [2.45, 2.75) is 45.6 Å². The summed E-state index contributed by atoms with van der Waals surface area (Å²) >= 11 is 0. The zero-order chi connectivity index (χ0) is 27.0. The molecule has 1 atom stereocenters. The number of nitrogens with zero attached hydrogens (tertiary/aromatic N) is 1. The van der Waals surface area contributed by atoms with Crippen molar-refractivity contribution in [1.82, 2.24) is 4.90 Å². The lowest BCUT2D eigenvalue weighted by Crippen LogP contribution is -2.40. The first-order chi connectivity index (χ1) is 19.1. The molecule has 0 saturated carbocycles. The molecular weight excluding hydrogens is 490 g/mol. The summed E-state index contributed by atoms with van der Waals surface area (Å²) in [7, 11) is 0. The van der Waals surface area contributed by atoms with Gasteiger partial charge in [0.15, 0.2) is 11.5 Å². The summed E-state index contributed by atoms with van der Waals surface area (Å²) in [6.07, 6.45) is 4.21. The standard InChI is InChI=1S/C33H37NO5/c1-3-30(27-14-17-31-32(20-27)38-23-37-31)33(25-10-6-4-7-11-25)26-12-15-28(16-13-26)36-22-29(39-24(2)35)21-34-18-8-5-9-19-34/h4,6-7,10-17,20,29H,3,5,8-9,18-19,21-23H2,1-2H3. The van der Waals surface area contributed by atoms with Crippen LogP contribution in [0.1, 0.15) is 56.2 Å². The summed E-state index contributed by atoms with van der Waals surface area (Å²) in [5.41, 5.74) is 5.77. The first-order valence-corrected chi connectivity index (χ1v) is 13.9. The molecule has 5 rings (SSSR count). The number of piperidine rings is 1. The summed E-state index contributed by atoms with van der Waals surface area (Å²) in [6, 6.07) is 24.8. The van der Waals surface area contributed by atoms with Gasteiger partial charge < -0.3 is 18.9 Å². The normalized spacial score (nSPS) is 16.4. The van der Waals surface area contributed by atoms with E-state index in [-0.39, 0.29) is 18.9 Å². The number of fused-ring (bicyclic) bond motifs is 1. The van der Waals surface area contributed by atoms with Gasteiger partial charge in [0, 0.05) is 13.5 Å². The van der Waals surface area contributed by atoms with E-state index in [1.165, 1.54) is 37.3 Å². The Labute approximate surface area is 231 Å². The summed E-state index contributed by atoms with van der Waals surface area (Å²) < 4.78 is 22.9. The Kier molecular flexibility index (Phi) is 8.84. The molecule has 0 aliphatic carbocycles. The molecule has 6 heteroatoms. The molecule has 204 valence electrons. The molecule has 0 radical (unpaired) electrons. The van der Waals surface area contributed by atoms with Crippen LogP contribution in [-0.2, 0) is 9.53 Å². The number of ether oxygens (including phenoxy) is 4. The van der Waals surface area contributed by atoms with Crippen LogP contribution in [-0.4, -0.2) is 50.0 Å². The van der Waals surface area contributed by atoms with Gasteiger partial charge in [0.2, 0.25) is 6.79 Å². The van der Waals surface area contributed by atoms with E-state index < -0.39 is 0 Å². The zero-order valence-corrected chi connectivity index (χ0v) is 22.9. The number of esters is 1. The first kappa shape index (κ1) is 26.8. The number of hydrogen-bond donors (Lipinski definition) is 0. The zero-order valence-electron chi connectivity index (χ0n) is 22.9. The minimum Gasteiger partial charge on any atom is -0.490 e. The molecule has 0 spiro atoms. The molecule has 0 N–H and O–H groups in total. The second kappa shape index (κ2) is 12.9. The van der Waals surface area contributed by atoms with E-state index in [1.54, 1.807) is 0 Å². The van der Waals surface area contributed by atoms with Crippen LogP contribution >= 0.6 is 0 Å². The van der Waals surface area contributed by atoms with Gasteiger partial charge in [-0.05, 0) is 84.5 Å². The van der Waals surface area contributed by atoms with Crippen LogP contribution in [0.4, 0.5) is 0 Å². The number of hydrogen-bond acceptors (Lipinski definition) is 6.